The molecule has 0 spiro atoms. The molecule has 2 aromatic rings. The quantitative estimate of drug-likeness (QED) is 0.854. The van der Waals surface area contributed by atoms with Gasteiger partial charge in [-0.05, 0) is 42.7 Å². The number of aryl methyl sites for hydroxylation is 1. The average molecular weight is 329 g/mol. The molecule has 21 heavy (non-hydrogen) atoms. The van der Waals surface area contributed by atoms with Gasteiger partial charge in [0.25, 0.3) is 0 Å². The minimum atomic E-state index is -3.57. The molecule has 0 saturated carbocycles. The van der Waals surface area contributed by atoms with Gasteiger partial charge in [0.1, 0.15) is 10.0 Å². The second kappa shape index (κ2) is 6.65. The minimum Gasteiger partial charge on any atom is -0.391 e. The van der Waals surface area contributed by atoms with Crippen LogP contribution in [0.1, 0.15) is 16.0 Å². The Hall–Kier alpha value is -1.28. The van der Waals surface area contributed by atoms with Crippen LogP contribution < -0.4 is 4.72 Å². The third-order valence-corrected chi connectivity index (χ3v) is 6.18. The van der Waals surface area contributed by atoms with Crippen molar-refractivity contribution in [3.8, 4) is 0 Å². The van der Waals surface area contributed by atoms with Gasteiger partial charge in [0.2, 0.25) is 10.0 Å². The largest absolute Gasteiger partial charge is 0.391 e. The second-order valence-electron chi connectivity index (χ2n) is 4.60. The van der Waals surface area contributed by atoms with Gasteiger partial charge in [-0.3, -0.25) is 0 Å². The summed E-state index contributed by atoms with van der Waals surface area (Å²) in [4.78, 5) is 0.647. The number of nitrogens with one attached hydrogen (secondary N) is 1. The zero-order valence-corrected chi connectivity index (χ0v) is 13.1. The molecule has 4 nitrogen and oxygen atoms in total. The summed E-state index contributed by atoms with van der Waals surface area (Å²) in [6.45, 7) is 1.83. The molecule has 0 atom stereocenters. The van der Waals surface area contributed by atoms with E-state index in [4.69, 9.17) is 5.11 Å². The van der Waals surface area contributed by atoms with Gasteiger partial charge in [-0.2, -0.15) is 0 Å². The third kappa shape index (κ3) is 4.10. The molecule has 2 rings (SSSR count). The Morgan fingerprint density at radius 3 is 2.52 bits per heavy atom. The predicted octanol–water partition coefficient (Wildman–Crippen LogP) is 2.21. The van der Waals surface area contributed by atoms with Crippen LogP contribution in [0.15, 0.2) is 34.5 Å². The highest BCUT2D eigenvalue weighted by Crippen LogP contribution is 2.25. The summed E-state index contributed by atoms with van der Waals surface area (Å²) < 4.78 is 39.7. The zero-order valence-electron chi connectivity index (χ0n) is 11.5. The Morgan fingerprint density at radius 2 is 1.95 bits per heavy atom. The van der Waals surface area contributed by atoms with E-state index in [0.29, 0.717) is 11.3 Å². The number of sulfonamides is 1. The molecule has 0 amide bonds. The summed E-state index contributed by atoms with van der Waals surface area (Å²) in [6.07, 6.45) is 0.483. The van der Waals surface area contributed by atoms with Crippen LogP contribution in [0.5, 0.6) is 0 Å². The molecule has 1 aromatic heterocycles. The normalized spacial score (nSPS) is 11.8. The van der Waals surface area contributed by atoms with Crippen molar-refractivity contribution < 1.29 is 17.9 Å². The lowest BCUT2D eigenvalue weighted by molar-refractivity contribution is 0.285. The predicted molar refractivity (Wildman–Crippen MR) is 80.3 cm³/mol. The van der Waals surface area contributed by atoms with E-state index >= 15 is 0 Å². The molecule has 1 heterocycles. The highest BCUT2D eigenvalue weighted by molar-refractivity contribution is 7.91. The summed E-state index contributed by atoms with van der Waals surface area (Å²) in [5.74, 6) is -0.315. The lowest BCUT2D eigenvalue weighted by Gasteiger charge is -2.05. The molecule has 0 unspecified atom stereocenters. The van der Waals surface area contributed by atoms with E-state index in [1.807, 2.05) is 0 Å². The van der Waals surface area contributed by atoms with Crippen molar-refractivity contribution >= 4 is 21.4 Å². The molecule has 114 valence electrons. The van der Waals surface area contributed by atoms with E-state index in [1.165, 1.54) is 12.1 Å². The fourth-order valence-electron chi connectivity index (χ4n) is 1.83. The van der Waals surface area contributed by atoms with Gasteiger partial charge in [-0.1, -0.05) is 12.1 Å². The fourth-order valence-corrected chi connectivity index (χ4v) is 4.36. The van der Waals surface area contributed by atoms with E-state index in [0.717, 1.165) is 22.5 Å². The monoisotopic (exact) mass is 329 g/mol. The van der Waals surface area contributed by atoms with Gasteiger partial charge in [0.15, 0.2) is 0 Å². The summed E-state index contributed by atoms with van der Waals surface area (Å²) in [5.41, 5.74) is 1.62. The van der Waals surface area contributed by atoms with Crippen LogP contribution in [0.25, 0.3) is 0 Å². The molecule has 1 aromatic carbocycles. The van der Waals surface area contributed by atoms with Gasteiger partial charge >= 0.3 is 0 Å². The highest BCUT2D eigenvalue weighted by atomic mass is 32.2. The van der Waals surface area contributed by atoms with Crippen molar-refractivity contribution in [3.63, 3.8) is 0 Å². The van der Waals surface area contributed by atoms with Crippen LogP contribution in [0.2, 0.25) is 0 Å². The molecule has 0 aliphatic rings. The molecular weight excluding hydrogens is 313 g/mol. The fraction of sp³-hybridized carbons (Fsp3) is 0.286. The highest BCUT2D eigenvalue weighted by Gasteiger charge is 2.18. The van der Waals surface area contributed by atoms with Crippen LogP contribution in [-0.4, -0.2) is 20.1 Å². The molecule has 0 aliphatic carbocycles. The first-order chi connectivity index (χ1) is 9.92. The van der Waals surface area contributed by atoms with Crippen LogP contribution in [0, 0.1) is 12.7 Å². The van der Waals surface area contributed by atoms with Crippen molar-refractivity contribution in [1.29, 1.82) is 0 Å². The number of aliphatic hydroxyl groups excluding tert-OH is 1. The Bertz CT molecular complexity index is 708. The number of thiophene rings is 1. The first-order valence-electron chi connectivity index (χ1n) is 6.36. The maximum Gasteiger partial charge on any atom is 0.250 e. The molecule has 2 N–H and O–H groups in total. The van der Waals surface area contributed by atoms with Crippen LogP contribution in [0.3, 0.4) is 0 Å². The van der Waals surface area contributed by atoms with E-state index in [-0.39, 0.29) is 23.2 Å². The Balaban J connectivity index is 1.99. The first-order valence-corrected chi connectivity index (χ1v) is 8.66. The topological polar surface area (TPSA) is 66.4 Å². The van der Waals surface area contributed by atoms with Gasteiger partial charge in [0, 0.05) is 11.4 Å². The van der Waals surface area contributed by atoms with Crippen molar-refractivity contribution in [3.05, 3.63) is 52.2 Å². The molecule has 7 heteroatoms. The number of rotatable bonds is 6. The van der Waals surface area contributed by atoms with E-state index in [9.17, 15) is 12.8 Å². The summed E-state index contributed by atoms with van der Waals surface area (Å²) >= 11 is 1.06. The standard InChI is InChI=1S/C14H16FNO3S2/c1-10-8-14(20-13(10)9-17)21(18,19)16-7-6-11-2-4-12(15)5-3-11/h2-5,8,16-17H,6-7,9H2,1H3. The van der Waals surface area contributed by atoms with Gasteiger partial charge in [-0.25, -0.2) is 17.5 Å². The number of halogens is 1. The van der Waals surface area contributed by atoms with Crippen molar-refractivity contribution in [2.24, 2.45) is 0 Å². The molecule has 0 saturated heterocycles. The van der Waals surface area contributed by atoms with Crippen LogP contribution in [-0.2, 0) is 23.1 Å². The van der Waals surface area contributed by atoms with Crippen molar-refractivity contribution in [1.82, 2.24) is 4.72 Å². The molecule has 0 fully saturated rings. The molecular formula is C14H16FNO3S2. The zero-order chi connectivity index (χ0) is 15.5. The number of aliphatic hydroxyl groups is 1. The Kier molecular flexibility index (Phi) is 5.10. The Labute approximate surface area is 127 Å². The third-order valence-electron chi connectivity index (χ3n) is 3.03. The summed E-state index contributed by atoms with van der Waals surface area (Å²) in [7, 11) is -3.57. The van der Waals surface area contributed by atoms with Crippen LogP contribution >= 0.6 is 11.3 Å². The summed E-state index contributed by atoms with van der Waals surface area (Å²) in [6, 6.07) is 7.50. The van der Waals surface area contributed by atoms with Gasteiger partial charge in [-0.15, -0.1) is 11.3 Å². The maximum atomic E-state index is 12.8. The first kappa shape index (κ1) is 16.1. The lowest BCUT2D eigenvalue weighted by Crippen LogP contribution is -2.25. The number of hydrogen-bond donors (Lipinski definition) is 2. The average Bonchev–Trinajstić information content (AvgIpc) is 2.83. The van der Waals surface area contributed by atoms with E-state index in [1.54, 1.807) is 25.1 Å². The maximum absolute atomic E-state index is 12.8. The SMILES string of the molecule is Cc1cc(S(=O)(=O)NCCc2ccc(F)cc2)sc1CO. The molecule has 0 radical (unpaired) electrons. The number of benzene rings is 1. The van der Waals surface area contributed by atoms with E-state index < -0.39 is 10.0 Å². The lowest BCUT2D eigenvalue weighted by atomic mass is 10.1. The van der Waals surface area contributed by atoms with E-state index in [2.05, 4.69) is 4.72 Å². The summed E-state index contributed by atoms with van der Waals surface area (Å²) in [5, 5.41) is 9.11. The second-order valence-corrected chi connectivity index (χ2v) is 7.73. The molecule has 0 aliphatic heterocycles. The van der Waals surface area contributed by atoms with Gasteiger partial charge in [0.05, 0.1) is 6.61 Å². The number of hydrogen-bond acceptors (Lipinski definition) is 4. The van der Waals surface area contributed by atoms with Crippen molar-refractivity contribution in [2.75, 3.05) is 6.54 Å². The Morgan fingerprint density at radius 1 is 1.29 bits per heavy atom. The van der Waals surface area contributed by atoms with Crippen LogP contribution in [0.4, 0.5) is 4.39 Å². The molecule has 0 bridgehead atoms. The van der Waals surface area contributed by atoms with Gasteiger partial charge < -0.3 is 5.11 Å². The minimum absolute atomic E-state index is 0.165. The van der Waals surface area contributed by atoms with Crippen molar-refractivity contribution in [2.45, 2.75) is 24.2 Å². The smallest absolute Gasteiger partial charge is 0.250 e.